The molecule has 1 heterocycles. The zero-order chi connectivity index (χ0) is 13.0. The molecule has 4 nitrogen and oxygen atoms in total. The Morgan fingerprint density at radius 1 is 1.44 bits per heavy atom. The molecule has 18 heavy (non-hydrogen) atoms. The van der Waals surface area contributed by atoms with Crippen LogP contribution in [-0.2, 0) is 14.3 Å². The number of ketones is 1. The first-order chi connectivity index (χ1) is 8.74. The van der Waals surface area contributed by atoms with E-state index < -0.39 is 12.0 Å². The molecule has 1 aliphatic heterocycles. The van der Waals surface area contributed by atoms with Crippen LogP contribution in [-0.4, -0.2) is 31.7 Å². The summed E-state index contributed by atoms with van der Waals surface area (Å²) in [5.74, 6) is -1.07. The maximum atomic E-state index is 12.2. The highest BCUT2D eigenvalue weighted by atomic mass is 79.9. The highest BCUT2D eigenvalue weighted by Gasteiger charge is 2.31. The van der Waals surface area contributed by atoms with Crippen LogP contribution < -0.4 is 0 Å². The minimum atomic E-state index is -0.827. The first kappa shape index (κ1) is 13.2. The standard InChI is InChI=1S/C13H12BrNO3/c14-11-4-2-1-3-9(11)10(7-15)13(16)12-8-17-5-6-18-12/h1-4,10,12H,5-6,8H2. The molecule has 0 aliphatic carbocycles. The third kappa shape index (κ3) is 2.78. The Labute approximate surface area is 114 Å². The zero-order valence-electron chi connectivity index (χ0n) is 9.64. The quantitative estimate of drug-likeness (QED) is 0.857. The van der Waals surface area contributed by atoms with Crippen molar-refractivity contribution in [3.05, 3.63) is 34.3 Å². The molecule has 5 heteroatoms. The molecule has 0 aromatic heterocycles. The van der Waals surface area contributed by atoms with E-state index in [1.54, 1.807) is 12.1 Å². The smallest absolute Gasteiger partial charge is 0.185 e. The average Bonchev–Trinajstić information content (AvgIpc) is 2.42. The van der Waals surface area contributed by atoms with Crippen LogP contribution in [0.5, 0.6) is 0 Å². The number of carbonyl (C=O) groups is 1. The summed E-state index contributed by atoms with van der Waals surface area (Å²) in [4.78, 5) is 12.2. The van der Waals surface area contributed by atoms with Crippen molar-refractivity contribution >= 4 is 21.7 Å². The van der Waals surface area contributed by atoms with Crippen LogP contribution in [0, 0.1) is 11.3 Å². The van der Waals surface area contributed by atoms with E-state index in [2.05, 4.69) is 15.9 Å². The van der Waals surface area contributed by atoms with Crippen LogP contribution in [0.4, 0.5) is 0 Å². The Morgan fingerprint density at radius 2 is 2.22 bits per heavy atom. The van der Waals surface area contributed by atoms with Gasteiger partial charge in [-0.2, -0.15) is 5.26 Å². The molecule has 0 saturated carbocycles. The summed E-state index contributed by atoms with van der Waals surface area (Å²) in [5, 5.41) is 9.22. The molecule has 1 aromatic rings. The van der Waals surface area contributed by atoms with Crippen molar-refractivity contribution in [2.45, 2.75) is 12.0 Å². The number of carbonyl (C=O) groups excluding carboxylic acids is 1. The maximum absolute atomic E-state index is 12.2. The molecule has 0 amide bonds. The van der Waals surface area contributed by atoms with E-state index >= 15 is 0 Å². The molecular weight excluding hydrogens is 298 g/mol. The van der Waals surface area contributed by atoms with Gasteiger partial charge in [0.05, 0.1) is 25.9 Å². The number of hydrogen-bond donors (Lipinski definition) is 0. The number of Topliss-reactive ketones (excluding diaryl/α,β-unsaturated/α-hetero) is 1. The predicted octanol–water partition coefficient (Wildman–Crippen LogP) is 2.04. The normalized spacial score (nSPS) is 21.0. The van der Waals surface area contributed by atoms with Gasteiger partial charge in [-0.05, 0) is 11.6 Å². The molecule has 1 saturated heterocycles. The van der Waals surface area contributed by atoms with Gasteiger partial charge in [0.15, 0.2) is 5.78 Å². The Bertz CT molecular complexity index is 477. The Morgan fingerprint density at radius 3 is 2.83 bits per heavy atom. The summed E-state index contributed by atoms with van der Waals surface area (Å²) in [6.07, 6.45) is -0.643. The van der Waals surface area contributed by atoms with Gasteiger partial charge in [0.1, 0.15) is 12.0 Å². The van der Waals surface area contributed by atoms with Gasteiger partial charge in [0.25, 0.3) is 0 Å². The van der Waals surface area contributed by atoms with Crippen molar-refractivity contribution in [2.75, 3.05) is 19.8 Å². The van der Waals surface area contributed by atoms with E-state index in [1.165, 1.54) is 0 Å². The molecule has 2 unspecified atom stereocenters. The number of hydrogen-bond acceptors (Lipinski definition) is 4. The fourth-order valence-corrected chi connectivity index (χ4v) is 2.35. The molecule has 2 rings (SSSR count). The van der Waals surface area contributed by atoms with Crippen molar-refractivity contribution in [3.8, 4) is 6.07 Å². The van der Waals surface area contributed by atoms with Crippen molar-refractivity contribution in [2.24, 2.45) is 0 Å². The summed E-state index contributed by atoms with van der Waals surface area (Å²) in [7, 11) is 0. The van der Waals surface area contributed by atoms with Crippen LogP contribution in [0.3, 0.4) is 0 Å². The molecule has 0 bridgehead atoms. The summed E-state index contributed by atoms with van der Waals surface area (Å²) in [6.45, 7) is 1.11. The number of ether oxygens (including phenoxy) is 2. The van der Waals surface area contributed by atoms with E-state index in [1.807, 2.05) is 18.2 Å². The lowest BCUT2D eigenvalue weighted by Gasteiger charge is -2.23. The van der Waals surface area contributed by atoms with Crippen molar-refractivity contribution in [3.63, 3.8) is 0 Å². The maximum Gasteiger partial charge on any atom is 0.185 e. The van der Waals surface area contributed by atoms with Crippen molar-refractivity contribution in [1.82, 2.24) is 0 Å². The fraction of sp³-hybridized carbons (Fsp3) is 0.385. The van der Waals surface area contributed by atoms with E-state index in [4.69, 9.17) is 9.47 Å². The van der Waals surface area contributed by atoms with E-state index in [0.29, 0.717) is 18.8 Å². The van der Waals surface area contributed by atoms with E-state index in [9.17, 15) is 10.1 Å². The Hall–Kier alpha value is -1.22. The molecule has 1 fully saturated rings. The van der Waals surface area contributed by atoms with Crippen LogP contribution in [0.25, 0.3) is 0 Å². The summed E-state index contributed by atoms with van der Waals surface area (Å²) in [6, 6.07) is 9.26. The summed E-state index contributed by atoms with van der Waals surface area (Å²) in [5.41, 5.74) is 0.666. The molecule has 0 N–H and O–H groups in total. The lowest BCUT2D eigenvalue weighted by molar-refractivity contribution is -0.145. The predicted molar refractivity (Wildman–Crippen MR) is 68.1 cm³/mol. The highest BCUT2D eigenvalue weighted by molar-refractivity contribution is 9.10. The highest BCUT2D eigenvalue weighted by Crippen LogP contribution is 2.27. The molecule has 1 aromatic carbocycles. The topological polar surface area (TPSA) is 59.3 Å². The number of nitrogens with zero attached hydrogens (tertiary/aromatic N) is 1. The Kier molecular flexibility index (Phi) is 4.48. The minimum absolute atomic E-state index is 0.224. The third-order valence-electron chi connectivity index (χ3n) is 2.76. The first-order valence-corrected chi connectivity index (χ1v) is 6.40. The summed E-state index contributed by atoms with van der Waals surface area (Å²) >= 11 is 3.35. The van der Waals surface area contributed by atoms with Gasteiger partial charge in [-0.1, -0.05) is 34.1 Å². The molecule has 0 radical (unpaired) electrons. The van der Waals surface area contributed by atoms with Gasteiger partial charge < -0.3 is 9.47 Å². The van der Waals surface area contributed by atoms with Gasteiger partial charge >= 0.3 is 0 Å². The SMILES string of the molecule is N#CC(C(=O)C1COCCO1)c1ccccc1Br. The number of halogens is 1. The van der Waals surface area contributed by atoms with Crippen molar-refractivity contribution < 1.29 is 14.3 Å². The van der Waals surface area contributed by atoms with Gasteiger partial charge in [0.2, 0.25) is 0 Å². The monoisotopic (exact) mass is 309 g/mol. The third-order valence-corrected chi connectivity index (χ3v) is 3.49. The van der Waals surface area contributed by atoms with Crippen LogP contribution >= 0.6 is 15.9 Å². The second-order valence-corrected chi connectivity index (χ2v) is 4.77. The van der Waals surface area contributed by atoms with Gasteiger partial charge in [-0.15, -0.1) is 0 Å². The largest absolute Gasteiger partial charge is 0.376 e. The van der Waals surface area contributed by atoms with Gasteiger partial charge in [0, 0.05) is 4.47 Å². The van der Waals surface area contributed by atoms with Gasteiger partial charge in [-0.3, -0.25) is 4.79 Å². The van der Waals surface area contributed by atoms with Crippen LogP contribution in [0.1, 0.15) is 11.5 Å². The molecule has 1 aliphatic rings. The first-order valence-electron chi connectivity index (χ1n) is 5.61. The summed E-state index contributed by atoms with van der Waals surface area (Å²) < 4.78 is 11.3. The average molecular weight is 310 g/mol. The van der Waals surface area contributed by atoms with Gasteiger partial charge in [-0.25, -0.2) is 0 Å². The molecule has 0 spiro atoms. The molecule has 2 atom stereocenters. The number of benzene rings is 1. The second kappa shape index (κ2) is 6.10. The zero-order valence-corrected chi connectivity index (χ0v) is 11.2. The second-order valence-electron chi connectivity index (χ2n) is 3.92. The number of rotatable bonds is 3. The van der Waals surface area contributed by atoms with E-state index in [-0.39, 0.29) is 12.4 Å². The lowest BCUT2D eigenvalue weighted by Crippen LogP contribution is -2.38. The fourth-order valence-electron chi connectivity index (χ4n) is 1.83. The van der Waals surface area contributed by atoms with Crippen LogP contribution in [0.2, 0.25) is 0 Å². The minimum Gasteiger partial charge on any atom is -0.376 e. The number of nitriles is 1. The van der Waals surface area contributed by atoms with Crippen LogP contribution in [0.15, 0.2) is 28.7 Å². The lowest BCUT2D eigenvalue weighted by atomic mass is 9.93. The van der Waals surface area contributed by atoms with Crippen molar-refractivity contribution in [1.29, 1.82) is 5.26 Å². The Balaban J connectivity index is 2.21. The van der Waals surface area contributed by atoms with E-state index in [0.717, 1.165) is 4.47 Å². The molecular formula is C13H12BrNO3. The molecule has 94 valence electrons.